The van der Waals surface area contributed by atoms with Crippen LogP contribution in [0.3, 0.4) is 0 Å². The van der Waals surface area contributed by atoms with Crippen molar-refractivity contribution in [3.05, 3.63) is 64.5 Å². The van der Waals surface area contributed by atoms with Gasteiger partial charge in [0.1, 0.15) is 18.0 Å². The van der Waals surface area contributed by atoms with E-state index in [9.17, 15) is 0 Å². The highest BCUT2D eigenvalue weighted by Gasteiger charge is 2.05. The summed E-state index contributed by atoms with van der Waals surface area (Å²) in [5.74, 6) is 0.561. The molecule has 0 aliphatic rings. The van der Waals surface area contributed by atoms with Crippen LogP contribution in [0.5, 0.6) is 5.75 Å². The lowest BCUT2D eigenvalue weighted by Gasteiger charge is -2.06. The van der Waals surface area contributed by atoms with E-state index in [4.69, 9.17) is 27.9 Å². The summed E-state index contributed by atoms with van der Waals surface area (Å²) in [6, 6.07) is 11.0. The molecule has 0 saturated carbocycles. The van der Waals surface area contributed by atoms with Crippen molar-refractivity contribution in [2.24, 2.45) is 0 Å². The summed E-state index contributed by atoms with van der Waals surface area (Å²) in [6.45, 7) is 0.349. The summed E-state index contributed by atoms with van der Waals surface area (Å²) in [4.78, 5) is 4.44. The highest BCUT2D eigenvalue weighted by molar-refractivity contribution is 6.34. The second-order valence-corrected chi connectivity index (χ2v) is 4.91. The molecule has 0 radical (unpaired) electrons. The van der Waals surface area contributed by atoms with Crippen molar-refractivity contribution in [3.8, 4) is 5.75 Å². The van der Waals surface area contributed by atoms with Gasteiger partial charge in [0.25, 0.3) is 0 Å². The fraction of sp³-hybridized carbons (Fsp3) is 0.0714. The molecular formula is C14H10Cl2N2O. The van der Waals surface area contributed by atoms with Crippen molar-refractivity contribution in [2.45, 2.75) is 6.61 Å². The second kappa shape index (κ2) is 5.11. The average molecular weight is 293 g/mol. The Labute approximate surface area is 120 Å². The Bertz CT molecular complexity index is 691. The zero-order chi connectivity index (χ0) is 13.2. The van der Waals surface area contributed by atoms with Crippen LogP contribution in [0, 0.1) is 0 Å². The molecule has 2 aromatic heterocycles. The maximum atomic E-state index is 6.03. The molecular weight excluding hydrogens is 283 g/mol. The predicted octanol–water partition coefficient (Wildman–Crippen LogP) is 4.22. The van der Waals surface area contributed by atoms with E-state index >= 15 is 0 Å². The van der Waals surface area contributed by atoms with Crippen LogP contribution in [0.15, 0.2) is 48.8 Å². The number of fused-ring (bicyclic) bond motifs is 1. The van der Waals surface area contributed by atoms with Crippen molar-refractivity contribution in [1.82, 2.24) is 9.38 Å². The molecule has 0 spiro atoms. The number of hydrogen-bond acceptors (Lipinski definition) is 2. The van der Waals surface area contributed by atoms with Gasteiger partial charge in [0.2, 0.25) is 0 Å². The van der Waals surface area contributed by atoms with E-state index in [1.807, 2.05) is 35.0 Å². The molecule has 0 aliphatic carbocycles. The molecule has 3 aromatic rings. The first-order chi connectivity index (χ1) is 9.22. The average Bonchev–Trinajstić information content (AvgIpc) is 2.82. The molecule has 0 saturated heterocycles. The van der Waals surface area contributed by atoms with E-state index < -0.39 is 0 Å². The Balaban J connectivity index is 1.80. The lowest BCUT2D eigenvalue weighted by molar-refractivity contribution is 0.302. The summed E-state index contributed by atoms with van der Waals surface area (Å²) in [5, 5.41) is 1.13. The van der Waals surface area contributed by atoms with Crippen LogP contribution in [-0.2, 0) is 6.61 Å². The quantitative estimate of drug-likeness (QED) is 0.722. The van der Waals surface area contributed by atoms with E-state index in [0.717, 1.165) is 11.3 Å². The van der Waals surface area contributed by atoms with Gasteiger partial charge in [0.15, 0.2) is 0 Å². The molecule has 1 aromatic carbocycles. The summed E-state index contributed by atoms with van der Waals surface area (Å²) >= 11 is 11.9. The Kier molecular flexibility index (Phi) is 3.32. The molecule has 0 bridgehead atoms. The van der Waals surface area contributed by atoms with E-state index in [0.29, 0.717) is 22.4 Å². The monoisotopic (exact) mass is 292 g/mol. The van der Waals surface area contributed by atoms with Crippen molar-refractivity contribution in [3.63, 3.8) is 0 Å². The number of benzene rings is 1. The maximum absolute atomic E-state index is 6.03. The third-order valence-electron chi connectivity index (χ3n) is 2.68. The first-order valence-corrected chi connectivity index (χ1v) is 6.48. The van der Waals surface area contributed by atoms with Crippen molar-refractivity contribution in [2.75, 3.05) is 0 Å². The van der Waals surface area contributed by atoms with Crippen LogP contribution in [-0.4, -0.2) is 9.38 Å². The minimum absolute atomic E-state index is 0.349. The van der Waals surface area contributed by atoms with Gasteiger partial charge < -0.3 is 9.14 Å². The summed E-state index contributed by atoms with van der Waals surface area (Å²) in [6.07, 6.45) is 3.87. The molecule has 3 nitrogen and oxygen atoms in total. The molecule has 5 heteroatoms. The number of halogens is 2. The Morgan fingerprint density at radius 2 is 2.05 bits per heavy atom. The van der Waals surface area contributed by atoms with Crippen LogP contribution in [0.25, 0.3) is 5.65 Å². The number of nitrogens with zero attached hydrogens (tertiary/aromatic N) is 2. The Morgan fingerprint density at radius 1 is 1.16 bits per heavy atom. The summed E-state index contributed by atoms with van der Waals surface area (Å²) in [7, 11) is 0. The molecule has 2 heterocycles. The van der Waals surface area contributed by atoms with Crippen LogP contribution < -0.4 is 4.74 Å². The maximum Gasteiger partial charge on any atom is 0.139 e. The lowest BCUT2D eigenvalue weighted by atomic mass is 10.3. The van der Waals surface area contributed by atoms with Crippen LogP contribution in [0.4, 0.5) is 0 Å². The topological polar surface area (TPSA) is 26.5 Å². The van der Waals surface area contributed by atoms with Crippen molar-refractivity contribution in [1.29, 1.82) is 0 Å². The Hall–Kier alpha value is -1.71. The van der Waals surface area contributed by atoms with Gasteiger partial charge in [-0.3, -0.25) is 0 Å². The zero-order valence-electron chi connectivity index (χ0n) is 9.88. The molecule has 19 heavy (non-hydrogen) atoms. The predicted molar refractivity (Wildman–Crippen MR) is 76.0 cm³/mol. The second-order valence-electron chi connectivity index (χ2n) is 4.06. The van der Waals surface area contributed by atoms with E-state index in [1.165, 1.54) is 0 Å². The van der Waals surface area contributed by atoms with Crippen molar-refractivity contribution < 1.29 is 4.74 Å². The normalized spacial score (nSPS) is 10.8. The number of rotatable bonds is 3. The summed E-state index contributed by atoms with van der Waals surface area (Å²) in [5.41, 5.74) is 1.72. The smallest absolute Gasteiger partial charge is 0.139 e. The highest BCUT2D eigenvalue weighted by Crippen LogP contribution is 2.28. The van der Waals surface area contributed by atoms with Crippen LogP contribution >= 0.6 is 23.2 Å². The largest absolute Gasteiger partial charge is 0.486 e. The van der Waals surface area contributed by atoms with Gasteiger partial charge in [-0.25, -0.2) is 4.98 Å². The van der Waals surface area contributed by atoms with Gasteiger partial charge in [-0.05, 0) is 24.3 Å². The summed E-state index contributed by atoms with van der Waals surface area (Å²) < 4.78 is 7.58. The van der Waals surface area contributed by atoms with Crippen molar-refractivity contribution >= 4 is 28.8 Å². The molecule has 0 fully saturated rings. The SMILES string of the molecule is Clc1ccc(Cl)c(OCc2cn3ccccc3n2)c1. The van der Waals surface area contributed by atoms with Gasteiger partial charge in [-0.15, -0.1) is 0 Å². The minimum Gasteiger partial charge on any atom is -0.486 e. The van der Waals surface area contributed by atoms with E-state index in [2.05, 4.69) is 4.98 Å². The van der Waals surface area contributed by atoms with Gasteiger partial charge in [0, 0.05) is 23.5 Å². The Morgan fingerprint density at radius 3 is 2.89 bits per heavy atom. The number of imidazole rings is 1. The van der Waals surface area contributed by atoms with E-state index in [-0.39, 0.29) is 0 Å². The number of aromatic nitrogens is 2. The number of ether oxygens (including phenoxy) is 1. The van der Waals surface area contributed by atoms with Gasteiger partial charge in [-0.1, -0.05) is 29.3 Å². The molecule has 3 rings (SSSR count). The van der Waals surface area contributed by atoms with Gasteiger partial charge in [-0.2, -0.15) is 0 Å². The minimum atomic E-state index is 0.349. The fourth-order valence-electron chi connectivity index (χ4n) is 1.80. The molecule has 0 N–H and O–H groups in total. The molecule has 0 aliphatic heterocycles. The lowest BCUT2D eigenvalue weighted by Crippen LogP contribution is -1.96. The molecule has 0 atom stereocenters. The molecule has 96 valence electrons. The standard InChI is InChI=1S/C14H10Cl2N2O/c15-10-4-5-12(16)13(7-10)19-9-11-8-18-6-2-1-3-14(18)17-11/h1-8H,9H2. The number of hydrogen-bond donors (Lipinski definition) is 0. The zero-order valence-corrected chi connectivity index (χ0v) is 11.4. The highest BCUT2D eigenvalue weighted by atomic mass is 35.5. The first kappa shape index (κ1) is 12.3. The molecule has 0 amide bonds. The number of pyridine rings is 1. The fourth-order valence-corrected chi connectivity index (χ4v) is 2.13. The third kappa shape index (κ3) is 2.67. The first-order valence-electron chi connectivity index (χ1n) is 5.73. The van der Waals surface area contributed by atoms with Gasteiger partial charge in [0.05, 0.1) is 10.7 Å². The van der Waals surface area contributed by atoms with E-state index in [1.54, 1.807) is 18.2 Å². The molecule has 0 unspecified atom stereocenters. The van der Waals surface area contributed by atoms with Gasteiger partial charge >= 0.3 is 0 Å². The third-order valence-corrected chi connectivity index (χ3v) is 3.23. The van der Waals surface area contributed by atoms with Crippen LogP contribution in [0.2, 0.25) is 10.0 Å². The van der Waals surface area contributed by atoms with Crippen LogP contribution in [0.1, 0.15) is 5.69 Å².